The molecular formula is C16H20N2O5S. The zero-order chi connectivity index (χ0) is 17.7. The summed E-state index contributed by atoms with van der Waals surface area (Å²) in [5, 5.41) is 8.71. The average Bonchev–Trinajstić information content (AvgIpc) is 2.61. The lowest BCUT2D eigenvalue weighted by Crippen LogP contribution is -2.43. The van der Waals surface area contributed by atoms with Crippen molar-refractivity contribution in [1.29, 1.82) is 5.26 Å². The molecule has 0 aliphatic carbocycles. The lowest BCUT2D eigenvalue weighted by molar-refractivity contribution is -0.152. The number of hydrogen-bond acceptors (Lipinski definition) is 6. The van der Waals surface area contributed by atoms with Gasteiger partial charge in [-0.1, -0.05) is 0 Å². The minimum Gasteiger partial charge on any atom is -0.497 e. The second-order valence-electron chi connectivity index (χ2n) is 5.59. The fraction of sp³-hybridized carbons (Fsp3) is 0.500. The van der Waals surface area contributed by atoms with Gasteiger partial charge < -0.3 is 9.47 Å². The van der Waals surface area contributed by atoms with Crippen molar-refractivity contribution < 1.29 is 22.7 Å². The van der Waals surface area contributed by atoms with Crippen molar-refractivity contribution in [3.8, 4) is 11.8 Å². The molecule has 1 aromatic carbocycles. The maximum Gasteiger partial charge on any atom is 0.311 e. The molecule has 2 rings (SSSR count). The van der Waals surface area contributed by atoms with Crippen LogP contribution in [-0.2, 0) is 19.6 Å². The fourth-order valence-corrected chi connectivity index (χ4v) is 4.07. The number of benzene rings is 1. The number of ether oxygens (including phenoxy) is 2. The number of sulfonamides is 1. The molecule has 2 atom stereocenters. The Morgan fingerprint density at radius 1 is 1.38 bits per heavy atom. The third-order valence-electron chi connectivity index (χ3n) is 3.89. The van der Waals surface area contributed by atoms with E-state index in [0.717, 1.165) is 0 Å². The molecule has 1 aliphatic heterocycles. The Bertz CT molecular complexity index is 724. The van der Waals surface area contributed by atoms with Gasteiger partial charge in [-0.25, -0.2) is 8.42 Å². The van der Waals surface area contributed by atoms with E-state index in [1.54, 1.807) is 12.1 Å². The first kappa shape index (κ1) is 18.2. The molecule has 0 bridgehead atoms. The first-order chi connectivity index (χ1) is 11.4. The van der Waals surface area contributed by atoms with E-state index in [-0.39, 0.29) is 11.4 Å². The van der Waals surface area contributed by atoms with Gasteiger partial charge in [0.15, 0.2) is 6.10 Å². The minimum absolute atomic E-state index is 0.0609. The van der Waals surface area contributed by atoms with Crippen molar-refractivity contribution >= 4 is 16.0 Å². The van der Waals surface area contributed by atoms with Crippen LogP contribution in [-0.4, -0.2) is 45.0 Å². The Morgan fingerprint density at radius 3 is 2.62 bits per heavy atom. The van der Waals surface area contributed by atoms with Gasteiger partial charge in [0.05, 0.1) is 17.9 Å². The SMILES string of the molecule is COc1ccc(S(=O)(=O)N2CCCC(C(=O)OC(C)C#N)C2)cc1. The van der Waals surface area contributed by atoms with Gasteiger partial charge in [-0.05, 0) is 44.0 Å². The summed E-state index contributed by atoms with van der Waals surface area (Å²) in [5.41, 5.74) is 0. The van der Waals surface area contributed by atoms with Crippen molar-refractivity contribution in [2.75, 3.05) is 20.2 Å². The van der Waals surface area contributed by atoms with Crippen LogP contribution in [0.2, 0.25) is 0 Å². The number of carbonyl (C=O) groups is 1. The molecule has 24 heavy (non-hydrogen) atoms. The number of piperidine rings is 1. The summed E-state index contributed by atoms with van der Waals surface area (Å²) in [6.45, 7) is 1.89. The predicted molar refractivity (Wildman–Crippen MR) is 85.6 cm³/mol. The number of carbonyl (C=O) groups excluding carboxylic acids is 1. The first-order valence-electron chi connectivity index (χ1n) is 7.62. The quantitative estimate of drug-likeness (QED) is 0.746. The molecule has 1 heterocycles. The van der Waals surface area contributed by atoms with Crippen LogP contribution in [0.3, 0.4) is 0 Å². The van der Waals surface area contributed by atoms with Gasteiger partial charge >= 0.3 is 5.97 Å². The van der Waals surface area contributed by atoms with E-state index in [9.17, 15) is 13.2 Å². The van der Waals surface area contributed by atoms with E-state index in [0.29, 0.717) is 25.1 Å². The van der Waals surface area contributed by atoms with E-state index < -0.39 is 28.0 Å². The number of nitrogens with zero attached hydrogens (tertiary/aromatic N) is 2. The Labute approximate surface area is 141 Å². The van der Waals surface area contributed by atoms with E-state index in [4.69, 9.17) is 14.7 Å². The van der Waals surface area contributed by atoms with Crippen LogP contribution in [0.25, 0.3) is 0 Å². The van der Waals surface area contributed by atoms with Gasteiger partial charge in [-0.2, -0.15) is 9.57 Å². The largest absolute Gasteiger partial charge is 0.497 e. The number of nitriles is 1. The zero-order valence-corrected chi connectivity index (χ0v) is 14.5. The molecule has 1 fully saturated rings. The molecule has 2 unspecified atom stereocenters. The predicted octanol–water partition coefficient (Wildman–Crippen LogP) is 1.55. The normalized spacial score (nSPS) is 20.0. The van der Waals surface area contributed by atoms with Gasteiger partial charge in [0, 0.05) is 13.1 Å². The number of rotatable bonds is 5. The number of methoxy groups -OCH3 is 1. The van der Waals surface area contributed by atoms with Crippen LogP contribution in [0.4, 0.5) is 0 Å². The van der Waals surface area contributed by atoms with Gasteiger partial charge in [0.2, 0.25) is 10.0 Å². The van der Waals surface area contributed by atoms with Gasteiger partial charge in [0.25, 0.3) is 0 Å². The maximum atomic E-state index is 12.7. The van der Waals surface area contributed by atoms with Crippen molar-refractivity contribution in [1.82, 2.24) is 4.31 Å². The Morgan fingerprint density at radius 2 is 2.04 bits per heavy atom. The minimum atomic E-state index is -3.68. The lowest BCUT2D eigenvalue weighted by atomic mass is 10.00. The molecule has 0 radical (unpaired) electrons. The van der Waals surface area contributed by atoms with Crippen LogP contribution in [0.5, 0.6) is 5.75 Å². The molecule has 1 aromatic rings. The maximum absolute atomic E-state index is 12.7. The summed E-state index contributed by atoms with van der Waals surface area (Å²) in [5.74, 6) is -0.513. The Balaban J connectivity index is 2.12. The third kappa shape index (κ3) is 4.04. The van der Waals surface area contributed by atoms with Crippen molar-refractivity contribution in [3.05, 3.63) is 24.3 Å². The zero-order valence-electron chi connectivity index (χ0n) is 13.6. The summed E-state index contributed by atoms with van der Waals surface area (Å²) in [6, 6.07) is 7.95. The lowest BCUT2D eigenvalue weighted by Gasteiger charge is -2.30. The second kappa shape index (κ2) is 7.64. The highest BCUT2D eigenvalue weighted by Crippen LogP contribution is 2.25. The molecule has 0 N–H and O–H groups in total. The standard InChI is InChI=1S/C16H20N2O5S/c1-12(10-17)23-16(19)13-4-3-9-18(11-13)24(20,21)15-7-5-14(22-2)6-8-15/h5-8,12-13H,3-4,9,11H2,1-2H3. The third-order valence-corrected chi connectivity index (χ3v) is 5.77. The highest BCUT2D eigenvalue weighted by Gasteiger charge is 2.34. The van der Waals surface area contributed by atoms with E-state index in [2.05, 4.69) is 0 Å². The molecule has 130 valence electrons. The summed E-state index contributed by atoms with van der Waals surface area (Å²) < 4.78 is 36.7. The monoisotopic (exact) mass is 352 g/mol. The topological polar surface area (TPSA) is 96.7 Å². The smallest absolute Gasteiger partial charge is 0.311 e. The highest BCUT2D eigenvalue weighted by molar-refractivity contribution is 7.89. The molecule has 0 aromatic heterocycles. The van der Waals surface area contributed by atoms with Gasteiger partial charge in [-0.3, -0.25) is 4.79 Å². The number of esters is 1. The summed E-state index contributed by atoms with van der Waals surface area (Å²) in [6.07, 6.45) is 0.271. The summed E-state index contributed by atoms with van der Waals surface area (Å²) in [4.78, 5) is 12.2. The molecule has 1 aliphatic rings. The van der Waals surface area contributed by atoms with E-state index >= 15 is 0 Å². The molecule has 0 saturated carbocycles. The summed E-state index contributed by atoms with van der Waals surface area (Å²) in [7, 11) is -2.18. The molecule has 0 spiro atoms. The number of hydrogen-bond donors (Lipinski definition) is 0. The van der Waals surface area contributed by atoms with Crippen molar-refractivity contribution in [3.63, 3.8) is 0 Å². The molecule has 1 saturated heterocycles. The highest BCUT2D eigenvalue weighted by atomic mass is 32.2. The van der Waals surface area contributed by atoms with Crippen molar-refractivity contribution in [2.24, 2.45) is 5.92 Å². The molecule has 8 heteroatoms. The molecule has 0 amide bonds. The Hall–Kier alpha value is -2.11. The first-order valence-corrected chi connectivity index (χ1v) is 9.07. The van der Waals surface area contributed by atoms with Crippen LogP contribution in [0.15, 0.2) is 29.2 Å². The fourth-order valence-electron chi connectivity index (χ4n) is 2.55. The van der Waals surface area contributed by atoms with Crippen LogP contribution >= 0.6 is 0 Å². The van der Waals surface area contributed by atoms with Crippen LogP contribution < -0.4 is 4.74 Å². The average molecular weight is 352 g/mol. The summed E-state index contributed by atoms with van der Waals surface area (Å²) >= 11 is 0. The van der Waals surface area contributed by atoms with Crippen LogP contribution in [0.1, 0.15) is 19.8 Å². The molecule has 7 nitrogen and oxygen atoms in total. The van der Waals surface area contributed by atoms with E-state index in [1.165, 1.54) is 30.5 Å². The van der Waals surface area contributed by atoms with E-state index in [1.807, 2.05) is 6.07 Å². The second-order valence-corrected chi connectivity index (χ2v) is 7.52. The molecular weight excluding hydrogens is 332 g/mol. The van der Waals surface area contributed by atoms with Gasteiger partial charge in [-0.15, -0.1) is 0 Å². The van der Waals surface area contributed by atoms with Crippen molar-refractivity contribution in [2.45, 2.75) is 30.8 Å². The van der Waals surface area contributed by atoms with Crippen LogP contribution in [0, 0.1) is 17.2 Å². The Kier molecular flexibility index (Phi) is 5.80. The van der Waals surface area contributed by atoms with Gasteiger partial charge in [0.1, 0.15) is 11.8 Å².